The van der Waals surface area contributed by atoms with Gasteiger partial charge in [-0.3, -0.25) is 0 Å². The van der Waals surface area contributed by atoms with Crippen LogP contribution in [0.25, 0.3) is 16.2 Å². The molecule has 0 bridgehead atoms. The highest BCUT2D eigenvalue weighted by atomic mass is 32.1. The van der Waals surface area contributed by atoms with Gasteiger partial charge in [0.05, 0.1) is 6.61 Å². The van der Waals surface area contributed by atoms with E-state index in [0.717, 1.165) is 46.7 Å². The number of ether oxygens (including phenoxy) is 1. The smallest absolute Gasteiger partial charge is 0.317 e. The molecule has 188 valence electrons. The normalized spacial score (nSPS) is 16.9. The number of carbonyl (C=O) groups excluding carboxylic acids is 1. The summed E-state index contributed by atoms with van der Waals surface area (Å²) in [4.78, 5) is 22.4. The van der Waals surface area contributed by atoms with Crippen molar-refractivity contribution < 1.29 is 9.53 Å². The number of aryl methyl sites for hydroxylation is 1. The molecule has 2 N–H and O–H groups in total. The Balaban J connectivity index is 1.34. The number of amides is 2. The summed E-state index contributed by atoms with van der Waals surface area (Å²) >= 11 is 1.62. The molecule has 5 rings (SSSR count). The van der Waals surface area contributed by atoms with Crippen LogP contribution >= 0.6 is 11.3 Å². The number of rotatable bonds is 8. The first kappa shape index (κ1) is 23.9. The molecule has 0 unspecified atom stereocenters. The molecule has 2 amide bonds. The van der Waals surface area contributed by atoms with Crippen molar-refractivity contribution in [3.8, 4) is 11.3 Å². The van der Waals surface area contributed by atoms with E-state index in [-0.39, 0.29) is 6.03 Å². The van der Waals surface area contributed by atoms with E-state index in [1.165, 1.54) is 31.2 Å². The van der Waals surface area contributed by atoms with Crippen molar-refractivity contribution in [2.75, 3.05) is 56.7 Å². The molecule has 0 atom stereocenters. The van der Waals surface area contributed by atoms with E-state index in [9.17, 15) is 4.79 Å². The van der Waals surface area contributed by atoms with Gasteiger partial charge in [-0.15, -0.1) is 5.10 Å². The Bertz CT molecular complexity index is 1130. The Labute approximate surface area is 210 Å². The number of benzene rings is 1. The van der Waals surface area contributed by atoms with E-state index in [0.29, 0.717) is 32.3 Å². The lowest BCUT2D eigenvalue weighted by Gasteiger charge is -2.34. The lowest BCUT2D eigenvalue weighted by atomic mass is 10.1. The van der Waals surface area contributed by atoms with Gasteiger partial charge in [-0.2, -0.15) is 4.52 Å². The van der Waals surface area contributed by atoms with Gasteiger partial charge in [0, 0.05) is 51.4 Å². The average molecular weight is 498 g/mol. The minimum atomic E-state index is -0.0302. The van der Waals surface area contributed by atoms with E-state index in [2.05, 4.69) is 46.7 Å². The number of aromatic nitrogens is 3. The number of methoxy groups -OCH3 is 1. The summed E-state index contributed by atoms with van der Waals surface area (Å²) in [5, 5.41) is 12.6. The van der Waals surface area contributed by atoms with Crippen molar-refractivity contribution >= 4 is 33.3 Å². The van der Waals surface area contributed by atoms with Gasteiger partial charge < -0.3 is 25.2 Å². The van der Waals surface area contributed by atoms with Crippen LogP contribution in [0.2, 0.25) is 0 Å². The fourth-order valence-corrected chi connectivity index (χ4v) is 5.78. The van der Waals surface area contributed by atoms with Crippen LogP contribution in [0.15, 0.2) is 24.3 Å². The second-order valence-corrected chi connectivity index (χ2v) is 10.2. The van der Waals surface area contributed by atoms with E-state index in [4.69, 9.17) is 14.8 Å². The summed E-state index contributed by atoms with van der Waals surface area (Å²) in [5.74, 6) is 0.995. The summed E-state index contributed by atoms with van der Waals surface area (Å²) in [6.07, 6.45) is 5.94. The first-order chi connectivity index (χ1) is 17.2. The van der Waals surface area contributed by atoms with Crippen molar-refractivity contribution in [1.82, 2.24) is 24.8 Å². The molecule has 2 aliphatic rings. The molecular formula is C25H35N7O2S. The maximum atomic E-state index is 12.3. The minimum absolute atomic E-state index is 0.0302. The van der Waals surface area contributed by atoms with Crippen molar-refractivity contribution in [2.45, 2.75) is 45.1 Å². The first-order valence-corrected chi connectivity index (χ1v) is 13.5. The molecule has 2 aromatic heterocycles. The summed E-state index contributed by atoms with van der Waals surface area (Å²) in [5.41, 5.74) is 3.42. The second kappa shape index (κ2) is 10.8. The number of fused-ring (bicyclic) bond motifs is 1. The van der Waals surface area contributed by atoms with Crippen molar-refractivity contribution in [3.05, 3.63) is 29.8 Å². The Morgan fingerprint density at radius 3 is 2.57 bits per heavy atom. The number of piperazine rings is 1. The van der Waals surface area contributed by atoms with Crippen LogP contribution in [0.3, 0.4) is 0 Å². The van der Waals surface area contributed by atoms with Crippen molar-refractivity contribution in [1.29, 1.82) is 0 Å². The van der Waals surface area contributed by atoms with Crippen LogP contribution in [0, 0.1) is 0 Å². The van der Waals surface area contributed by atoms with Gasteiger partial charge >= 0.3 is 6.03 Å². The summed E-state index contributed by atoms with van der Waals surface area (Å²) in [6.45, 7) is 6.07. The molecule has 2 fully saturated rings. The number of nitrogens with one attached hydrogen (secondary N) is 2. The van der Waals surface area contributed by atoms with Crippen molar-refractivity contribution in [2.24, 2.45) is 0 Å². The molecule has 1 aliphatic carbocycles. The van der Waals surface area contributed by atoms with Crippen LogP contribution in [-0.2, 0) is 11.2 Å². The molecule has 0 radical (unpaired) electrons. The predicted molar refractivity (Wildman–Crippen MR) is 141 cm³/mol. The third kappa shape index (κ3) is 5.23. The summed E-state index contributed by atoms with van der Waals surface area (Å²) in [7, 11) is 1.63. The first-order valence-electron chi connectivity index (χ1n) is 12.7. The fraction of sp³-hybridized carbons (Fsp3) is 0.560. The van der Waals surface area contributed by atoms with E-state index < -0.39 is 0 Å². The number of hydrogen-bond donors (Lipinski definition) is 2. The zero-order chi connectivity index (χ0) is 24.2. The van der Waals surface area contributed by atoms with Crippen LogP contribution in [-0.4, -0.2) is 78.0 Å². The lowest BCUT2D eigenvalue weighted by molar-refractivity contribution is 0.177. The highest BCUT2D eigenvalue weighted by Crippen LogP contribution is 2.35. The Kier molecular flexibility index (Phi) is 7.38. The number of anilines is 2. The van der Waals surface area contributed by atoms with Gasteiger partial charge in [-0.05, 0) is 24.8 Å². The maximum absolute atomic E-state index is 12.3. The highest BCUT2D eigenvalue weighted by molar-refractivity contribution is 7.20. The van der Waals surface area contributed by atoms with Crippen LogP contribution in [0.1, 0.15) is 38.2 Å². The largest absolute Gasteiger partial charge is 0.383 e. The van der Waals surface area contributed by atoms with Crippen LogP contribution < -0.4 is 15.5 Å². The fourth-order valence-electron chi connectivity index (χ4n) is 4.83. The Hall–Kier alpha value is -2.85. The van der Waals surface area contributed by atoms with E-state index in [1.54, 1.807) is 18.4 Å². The molecule has 1 aromatic carbocycles. The standard InChI is InChI=1S/C25H35N7O2S/c1-3-18-8-10-19(11-9-18)21-22(27-20-6-4-5-7-20)32-24(28-21)35-25(29-32)31-15-13-30(14-16-31)23(33)26-12-17-34-2/h8-11,20,27H,3-7,12-17H2,1-2H3,(H,26,33). The predicted octanol–water partition coefficient (Wildman–Crippen LogP) is 3.85. The Morgan fingerprint density at radius 1 is 1.14 bits per heavy atom. The van der Waals surface area contributed by atoms with E-state index >= 15 is 0 Å². The minimum Gasteiger partial charge on any atom is -0.383 e. The molecule has 3 aromatic rings. The number of carbonyl (C=O) groups is 1. The van der Waals surface area contributed by atoms with Crippen LogP contribution in [0.4, 0.5) is 15.7 Å². The van der Waals surface area contributed by atoms with E-state index in [1.807, 2.05) is 9.42 Å². The molecule has 0 spiro atoms. The molecule has 1 aliphatic heterocycles. The van der Waals surface area contributed by atoms with Crippen LogP contribution in [0.5, 0.6) is 0 Å². The zero-order valence-corrected chi connectivity index (χ0v) is 21.4. The quantitative estimate of drug-likeness (QED) is 0.460. The van der Waals surface area contributed by atoms with Crippen molar-refractivity contribution in [3.63, 3.8) is 0 Å². The molecule has 1 saturated heterocycles. The maximum Gasteiger partial charge on any atom is 0.317 e. The summed E-state index contributed by atoms with van der Waals surface area (Å²) < 4.78 is 7.00. The lowest BCUT2D eigenvalue weighted by Crippen LogP contribution is -2.52. The molecule has 10 heteroatoms. The van der Waals surface area contributed by atoms with Gasteiger partial charge in [0.1, 0.15) is 5.69 Å². The summed E-state index contributed by atoms with van der Waals surface area (Å²) in [6, 6.07) is 9.15. The zero-order valence-electron chi connectivity index (χ0n) is 20.6. The monoisotopic (exact) mass is 497 g/mol. The van der Waals surface area contributed by atoms with Gasteiger partial charge in [-0.1, -0.05) is 55.4 Å². The molecule has 9 nitrogen and oxygen atoms in total. The topological polar surface area (TPSA) is 87.0 Å². The molecular weight excluding hydrogens is 462 g/mol. The molecule has 35 heavy (non-hydrogen) atoms. The third-order valence-corrected chi connectivity index (χ3v) is 7.91. The average Bonchev–Trinajstić information content (AvgIpc) is 3.62. The Morgan fingerprint density at radius 2 is 1.89 bits per heavy atom. The molecule has 3 heterocycles. The number of imidazole rings is 1. The van der Waals surface area contributed by atoms with Gasteiger partial charge in [-0.25, -0.2) is 9.78 Å². The molecule has 1 saturated carbocycles. The van der Waals surface area contributed by atoms with Gasteiger partial charge in [0.2, 0.25) is 10.1 Å². The third-order valence-electron chi connectivity index (χ3n) is 6.94. The SMILES string of the molecule is CCc1ccc(-c2nc3sc(N4CCN(C(=O)NCCOC)CC4)nn3c2NC2CCCC2)cc1. The number of hydrogen-bond acceptors (Lipinski definition) is 7. The van der Waals surface area contributed by atoms with Gasteiger partial charge in [0.25, 0.3) is 0 Å². The highest BCUT2D eigenvalue weighted by Gasteiger charge is 2.26. The second-order valence-electron chi connectivity index (χ2n) is 9.26. The van der Waals surface area contributed by atoms with Gasteiger partial charge in [0.15, 0.2) is 5.82 Å². The number of urea groups is 1. The number of nitrogens with zero attached hydrogens (tertiary/aromatic N) is 5.